The third-order valence-electron chi connectivity index (χ3n) is 2.45. The van der Waals surface area contributed by atoms with E-state index in [4.69, 9.17) is 10.5 Å². The van der Waals surface area contributed by atoms with Gasteiger partial charge in [0.1, 0.15) is 5.75 Å². The quantitative estimate of drug-likeness (QED) is 0.758. The van der Waals surface area contributed by atoms with Crippen molar-refractivity contribution in [3.8, 4) is 5.75 Å². The number of ether oxygens (including phenoxy) is 1. The van der Waals surface area contributed by atoms with Gasteiger partial charge in [-0.1, -0.05) is 12.1 Å². The van der Waals surface area contributed by atoms with Crippen LogP contribution in [0.15, 0.2) is 22.7 Å². The van der Waals surface area contributed by atoms with Crippen molar-refractivity contribution < 1.29 is 4.74 Å². The summed E-state index contributed by atoms with van der Waals surface area (Å²) >= 11 is 3.45. The normalized spacial score (nSPS) is 26.4. The molecule has 0 amide bonds. The molecule has 1 aliphatic heterocycles. The fraction of sp³-hybridized carbons (Fsp3) is 0.400. The first-order valence-corrected chi connectivity index (χ1v) is 5.11. The Hall–Kier alpha value is -0.540. The van der Waals surface area contributed by atoms with E-state index in [2.05, 4.69) is 15.9 Å². The van der Waals surface area contributed by atoms with Crippen molar-refractivity contribution in [2.45, 2.75) is 18.9 Å². The summed E-state index contributed by atoms with van der Waals surface area (Å²) < 4.78 is 6.55. The predicted octanol–water partition coefficient (Wildman–Crippen LogP) is 2.41. The minimum atomic E-state index is -0.253. The van der Waals surface area contributed by atoms with Crippen LogP contribution in [0.2, 0.25) is 0 Å². The van der Waals surface area contributed by atoms with E-state index < -0.39 is 0 Å². The molecule has 0 saturated carbocycles. The molecule has 1 aliphatic rings. The van der Waals surface area contributed by atoms with Crippen LogP contribution in [-0.2, 0) is 5.54 Å². The monoisotopic (exact) mass is 241 g/mol. The summed E-state index contributed by atoms with van der Waals surface area (Å²) in [5.41, 5.74) is 7.00. The average Bonchev–Trinajstić information content (AvgIpc) is 2.06. The second-order valence-corrected chi connectivity index (χ2v) is 4.49. The number of hydrogen-bond donors (Lipinski definition) is 1. The van der Waals surface area contributed by atoms with E-state index in [1.54, 1.807) is 0 Å². The van der Waals surface area contributed by atoms with E-state index in [1.807, 2.05) is 25.1 Å². The Morgan fingerprint density at radius 2 is 2.31 bits per heavy atom. The Morgan fingerprint density at radius 3 is 3.00 bits per heavy atom. The molecule has 0 saturated heterocycles. The van der Waals surface area contributed by atoms with E-state index in [-0.39, 0.29) is 5.54 Å². The van der Waals surface area contributed by atoms with Gasteiger partial charge in [0.15, 0.2) is 0 Å². The summed E-state index contributed by atoms with van der Waals surface area (Å²) in [4.78, 5) is 0. The highest BCUT2D eigenvalue weighted by Gasteiger charge is 2.29. The van der Waals surface area contributed by atoms with Crippen LogP contribution in [0.3, 0.4) is 0 Å². The van der Waals surface area contributed by atoms with E-state index in [0.717, 1.165) is 22.2 Å². The van der Waals surface area contributed by atoms with Gasteiger partial charge in [0.2, 0.25) is 0 Å². The Labute approximate surface area is 86.2 Å². The maximum absolute atomic E-state index is 6.16. The lowest BCUT2D eigenvalue weighted by Gasteiger charge is -2.32. The van der Waals surface area contributed by atoms with E-state index >= 15 is 0 Å². The summed E-state index contributed by atoms with van der Waals surface area (Å²) in [5, 5.41) is 0. The smallest absolute Gasteiger partial charge is 0.138 e. The van der Waals surface area contributed by atoms with Gasteiger partial charge in [-0.15, -0.1) is 0 Å². The fourth-order valence-corrected chi connectivity index (χ4v) is 2.09. The van der Waals surface area contributed by atoms with E-state index in [1.165, 1.54) is 0 Å². The molecular weight excluding hydrogens is 230 g/mol. The molecule has 1 aromatic carbocycles. The van der Waals surface area contributed by atoms with Gasteiger partial charge in [0.25, 0.3) is 0 Å². The largest absolute Gasteiger partial charge is 0.492 e. The minimum Gasteiger partial charge on any atom is -0.492 e. The Bertz CT molecular complexity index is 336. The summed E-state index contributed by atoms with van der Waals surface area (Å²) in [5.74, 6) is 0.902. The molecule has 2 rings (SSSR count). The van der Waals surface area contributed by atoms with Crippen molar-refractivity contribution in [3.63, 3.8) is 0 Å². The van der Waals surface area contributed by atoms with E-state index in [9.17, 15) is 0 Å². The van der Waals surface area contributed by atoms with Gasteiger partial charge in [0.05, 0.1) is 11.1 Å². The van der Waals surface area contributed by atoms with Crippen molar-refractivity contribution in [1.82, 2.24) is 0 Å². The SMILES string of the molecule is CC1(N)CCOc2c(Br)cccc21. The zero-order chi connectivity index (χ0) is 9.47. The molecular formula is C10H12BrNO. The molecule has 0 radical (unpaired) electrons. The summed E-state index contributed by atoms with van der Waals surface area (Å²) in [6.45, 7) is 2.74. The van der Waals surface area contributed by atoms with Crippen molar-refractivity contribution in [2.75, 3.05) is 6.61 Å². The van der Waals surface area contributed by atoms with Crippen LogP contribution >= 0.6 is 15.9 Å². The lowest BCUT2D eigenvalue weighted by atomic mass is 9.88. The molecule has 1 unspecified atom stereocenters. The minimum absolute atomic E-state index is 0.253. The third-order valence-corrected chi connectivity index (χ3v) is 3.07. The number of rotatable bonds is 0. The number of hydrogen-bond acceptors (Lipinski definition) is 2. The van der Waals surface area contributed by atoms with Crippen LogP contribution in [-0.4, -0.2) is 6.61 Å². The Balaban J connectivity index is 2.58. The number of para-hydroxylation sites is 1. The van der Waals surface area contributed by atoms with Crippen LogP contribution < -0.4 is 10.5 Å². The maximum Gasteiger partial charge on any atom is 0.138 e. The third kappa shape index (κ3) is 1.46. The van der Waals surface area contributed by atoms with Gasteiger partial charge in [-0.3, -0.25) is 0 Å². The highest BCUT2D eigenvalue weighted by molar-refractivity contribution is 9.10. The molecule has 2 nitrogen and oxygen atoms in total. The van der Waals surface area contributed by atoms with Gasteiger partial charge in [-0.25, -0.2) is 0 Å². The number of fused-ring (bicyclic) bond motifs is 1. The highest BCUT2D eigenvalue weighted by Crippen LogP contribution is 2.39. The highest BCUT2D eigenvalue weighted by atomic mass is 79.9. The predicted molar refractivity (Wildman–Crippen MR) is 55.8 cm³/mol. The number of nitrogens with two attached hydrogens (primary N) is 1. The molecule has 0 fully saturated rings. The molecule has 3 heteroatoms. The Morgan fingerprint density at radius 1 is 1.54 bits per heavy atom. The molecule has 13 heavy (non-hydrogen) atoms. The van der Waals surface area contributed by atoms with Crippen molar-refractivity contribution in [2.24, 2.45) is 5.73 Å². The van der Waals surface area contributed by atoms with Crippen LogP contribution in [0, 0.1) is 0 Å². The van der Waals surface area contributed by atoms with E-state index in [0.29, 0.717) is 6.61 Å². The Kier molecular flexibility index (Phi) is 2.08. The molecule has 2 N–H and O–H groups in total. The first kappa shape index (κ1) is 9.03. The average molecular weight is 242 g/mol. The molecule has 70 valence electrons. The molecule has 0 spiro atoms. The number of benzene rings is 1. The summed E-state index contributed by atoms with van der Waals surface area (Å²) in [6, 6.07) is 5.99. The van der Waals surface area contributed by atoms with Gasteiger partial charge < -0.3 is 10.5 Å². The van der Waals surface area contributed by atoms with Crippen molar-refractivity contribution in [3.05, 3.63) is 28.2 Å². The molecule has 0 bridgehead atoms. The molecule has 1 aromatic rings. The van der Waals surface area contributed by atoms with Crippen molar-refractivity contribution >= 4 is 15.9 Å². The first-order valence-electron chi connectivity index (χ1n) is 4.32. The molecule has 0 aliphatic carbocycles. The standard InChI is InChI=1S/C10H12BrNO/c1-10(12)5-6-13-9-7(10)3-2-4-8(9)11/h2-4H,5-6,12H2,1H3. The van der Waals surface area contributed by atoms with Crippen LogP contribution in [0.5, 0.6) is 5.75 Å². The van der Waals surface area contributed by atoms with Crippen LogP contribution in [0.1, 0.15) is 18.9 Å². The topological polar surface area (TPSA) is 35.2 Å². The second-order valence-electron chi connectivity index (χ2n) is 3.63. The fourth-order valence-electron chi connectivity index (χ4n) is 1.61. The summed E-state index contributed by atoms with van der Waals surface area (Å²) in [6.07, 6.45) is 0.871. The second kappa shape index (κ2) is 3.00. The van der Waals surface area contributed by atoms with Gasteiger partial charge in [-0.2, -0.15) is 0 Å². The first-order chi connectivity index (χ1) is 6.11. The molecule has 0 aromatic heterocycles. The lowest BCUT2D eigenvalue weighted by Crippen LogP contribution is -2.38. The van der Waals surface area contributed by atoms with Crippen LogP contribution in [0.25, 0.3) is 0 Å². The van der Waals surface area contributed by atoms with Gasteiger partial charge >= 0.3 is 0 Å². The van der Waals surface area contributed by atoms with Crippen LogP contribution in [0.4, 0.5) is 0 Å². The van der Waals surface area contributed by atoms with Crippen molar-refractivity contribution in [1.29, 1.82) is 0 Å². The molecule has 1 atom stereocenters. The maximum atomic E-state index is 6.16. The lowest BCUT2D eigenvalue weighted by molar-refractivity contribution is 0.226. The summed E-state index contributed by atoms with van der Waals surface area (Å²) in [7, 11) is 0. The van der Waals surface area contributed by atoms with Gasteiger partial charge in [0, 0.05) is 17.5 Å². The zero-order valence-electron chi connectivity index (χ0n) is 7.51. The van der Waals surface area contributed by atoms with Gasteiger partial charge in [-0.05, 0) is 28.9 Å². The molecule has 1 heterocycles. The zero-order valence-corrected chi connectivity index (χ0v) is 9.10. The number of halogens is 1.